The predicted molar refractivity (Wildman–Crippen MR) is 102 cm³/mol. The van der Waals surface area contributed by atoms with Gasteiger partial charge in [0.25, 0.3) is 5.91 Å². The second-order valence-corrected chi connectivity index (χ2v) is 7.75. The fourth-order valence-corrected chi connectivity index (χ4v) is 4.24. The molecule has 27 heavy (non-hydrogen) atoms. The number of aromatic nitrogens is 2. The number of carbonyl (C=O) groups excluding carboxylic acids is 1. The molecule has 0 unspecified atom stereocenters. The summed E-state index contributed by atoms with van der Waals surface area (Å²) in [7, 11) is 0. The van der Waals surface area contributed by atoms with Gasteiger partial charge in [-0.2, -0.15) is 4.98 Å². The van der Waals surface area contributed by atoms with Gasteiger partial charge in [-0.25, -0.2) is 0 Å². The molecule has 4 rings (SSSR count). The van der Waals surface area contributed by atoms with Gasteiger partial charge in [0.15, 0.2) is 5.82 Å². The Bertz CT molecular complexity index is 730. The molecule has 3 heterocycles. The average molecular weight is 368 g/mol. The third-order valence-corrected chi connectivity index (χ3v) is 5.80. The Balaban J connectivity index is 1.36. The second kappa shape index (κ2) is 8.65. The Labute approximate surface area is 160 Å². The Morgan fingerprint density at radius 3 is 2.56 bits per heavy atom. The number of carbonyl (C=O) groups is 1. The molecule has 144 valence electrons. The molecule has 2 aromatic rings. The molecule has 6 nitrogen and oxygen atoms in total. The summed E-state index contributed by atoms with van der Waals surface area (Å²) in [6.07, 6.45) is 8.41. The van der Waals surface area contributed by atoms with E-state index < -0.39 is 0 Å². The van der Waals surface area contributed by atoms with Crippen LogP contribution in [-0.4, -0.2) is 52.0 Å². The maximum atomic E-state index is 13.0. The molecule has 0 radical (unpaired) electrons. The lowest BCUT2D eigenvalue weighted by molar-refractivity contribution is 0.0710. The van der Waals surface area contributed by atoms with E-state index in [0.29, 0.717) is 5.92 Å². The van der Waals surface area contributed by atoms with E-state index in [-0.39, 0.29) is 5.91 Å². The van der Waals surface area contributed by atoms with Gasteiger partial charge in [-0.05, 0) is 56.5 Å². The molecular formula is C21H28N4O2. The van der Waals surface area contributed by atoms with Crippen LogP contribution in [0.5, 0.6) is 0 Å². The highest BCUT2D eigenvalue weighted by atomic mass is 16.5. The van der Waals surface area contributed by atoms with Crippen molar-refractivity contribution >= 4 is 5.91 Å². The van der Waals surface area contributed by atoms with Crippen LogP contribution in [-0.2, 0) is 6.54 Å². The maximum absolute atomic E-state index is 13.0. The summed E-state index contributed by atoms with van der Waals surface area (Å²) >= 11 is 0. The van der Waals surface area contributed by atoms with Gasteiger partial charge in [0.2, 0.25) is 6.39 Å². The molecule has 1 aromatic heterocycles. The Kier molecular flexibility index (Phi) is 5.82. The molecule has 0 bridgehead atoms. The van der Waals surface area contributed by atoms with Crippen molar-refractivity contribution in [2.24, 2.45) is 0 Å². The maximum Gasteiger partial charge on any atom is 0.253 e. The summed E-state index contributed by atoms with van der Waals surface area (Å²) in [4.78, 5) is 21.6. The van der Waals surface area contributed by atoms with Crippen LogP contribution < -0.4 is 0 Å². The van der Waals surface area contributed by atoms with Gasteiger partial charge in [0.05, 0.1) is 0 Å². The standard InChI is InChI=1S/C21H28N4O2/c26-21(25-12-8-18(9-13-25)20-22-16-27-23-20)19-7-5-6-17(14-19)15-24-10-3-1-2-4-11-24/h5-7,14,16,18H,1-4,8-13,15H2. The Morgan fingerprint density at radius 1 is 1.07 bits per heavy atom. The third-order valence-electron chi connectivity index (χ3n) is 5.80. The van der Waals surface area contributed by atoms with Crippen molar-refractivity contribution in [1.82, 2.24) is 19.9 Å². The van der Waals surface area contributed by atoms with E-state index in [9.17, 15) is 4.79 Å². The SMILES string of the molecule is O=C(c1cccc(CN2CCCCCC2)c1)N1CCC(c2ncon2)CC1. The summed E-state index contributed by atoms with van der Waals surface area (Å²) in [6.45, 7) is 4.77. The molecule has 2 aliphatic rings. The molecule has 2 saturated heterocycles. The molecule has 1 aromatic carbocycles. The number of piperidine rings is 1. The first kappa shape index (κ1) is 18.2. The summed E-state index contributed by atoms with van der Waals surface area (Å²) in [5.74, 6) is 1.20. The highest BCUT2D eigenvalue weighted by Gasteiger charge is 2.26. The number of benzene rings is 1. The fraction of sp³-hybridized carbons (Fsp3) is 0.571. The molecule has 2 fully saturated rings. The van der Waals surface area contributed by atoms with E-state index in [2.05, 4.69) is 27.2 Å². The van der Waals surface area contributed by atoms with Crippen molar-refractivity contribution in [2.45, 2.75) is 51.0 Å². The predicted octanol–water partition coefficient (Wildman–Crippen LogP) is 3.47. The molecular weight excluding hydrogens is 340 g/mol. The minimum absolute atomic E-state index is 0.138. The molecule has 2 aliphatic heterocycles. The highest BCUT2D eigenvalue weighted by Crippen LogP contribution is 2.26. The minimum atomic E-state index is 0.138. The van der Waals surface area contributed by atoms with Crippen LogP contribution in [0.4, 0.5) is 0 Å². The van der Waals surface area contributed by atoms with E-state index >= 15 is 0 Å². The molecule has 1 amide bonds. The zero-order valence-electron chi connectivity index (χ0n) is 15.8. The molecule has 0 aliphatic carbocycles. The van der Waals surface area contributed by atoms with Crippen LogP contribution in [0.2, 0.25) is 0 Å². The van der Waals surface area contributed by atoms with E-state index in [1.54, 1.807) is 0 Å². The van der Waals surface area contributed by atoms with Crippen molar-refractivity contribution in [3.8, 4) is 0 Å². The number of hydrogen-bond donors (Lipinski definition) is 0. The van der Waals surface area contributed by atoms with Crippen LogP contribution in [0, 0.1) is 0 Å². The monoisotopic (exact) mass is 368 g/mol. The van der Waals surface area contributed by atoms with Gasteiger partial charge >= 0.3 is 0 Å². The minimum Gasteiger partial charge on any atom is -0.343 e. The largest absolute Gasteiger partial charge is 0.343 e. The summed E-state index contributed by atoms with van der Waals surface area (Å²) < 4.78 is 4.85. The van der Waals surface area contributed by atoms with E-state index in [4.69, 9.17) is 4.52 Å². The lowest BCUT2D eigenvalue weighted by atomic mass is 9.95. The molecule has 0 atom stereocenters. The van der Waals surface area contributed by atoms with Crippen LogP contribution in [0.25, 0.3) is 0 Å². The zero-order valence-corrected chi connectivity index (χ0v) is 15.8. The van der Waals surface area contributed by atoms with Crippen LogP contribution in [0.3, 0.4) is 0 Å². The van der Waals surface area contributed by atoms with Crippen molar-refractivity contribution in [3.63, 3.8) is 0 Å². The van der Waals surface area contributed by atoms with Crippen LogP contribution in [0.15, 0.2) is 35.2 Å². The second-order valence-electron chi connectivity index (χ2n) is 7.75. The molecule has 0 spiro atoms. The lowest BCUT2D eigenvalue weighted by Gasteiger charge is -2.30. The third kappa shape index (κ3) is 4.56. The number of amides is 1. The van der Waals surface area contributed by atoms with Gasteiger partial charge in [0, 0.05) is 31.1 Å². The molecule has 6 heteroatoms. The average Bonchev–Trinajstić information content (AvgIpc) is 3.13. The fourth-order valence-electron chi connectivity index (χ4n) is 4.24. The van der Waals surface area contributed by atoms with Crippen LogP contribution in [0.1, 0.15) is 66.2 Å². The summed E-state index contributed by atoms with van der Waals surface area (Å²) in [5.41, 5.74) is 2.05. The van der Waals surface area contributed by atoms with Gasteiger partial charge in [0.1, 0.15) is 0 Å². The normalized spacial score (nSPS) is 19.8. The number of hydrogen-bond acceptors (Lipinski definition) is 5. The van der Waals surface area contributed by atoms with Gasteiger partial charge in [-0.3, -0.25) is 9.69 Å². The first-order chi connectivity index (χ1) is 13.3. The first-order valence-corrected chi connectivity index (χ1v) is 10.2. The van der Waals surface area contributed by atoms with Crippen LogP contribution >= 0.6 is 0 Å². The topological polar surface area (TPSA) is 62.5 Å². The highest BCUT2D eigenvalue weighted by molar-refractivity contribution is 5.94. The van der Waals surface area contributed by atoms with Crippen molar-refractivity contribution < 1.29 is 9.32 Å². The number of rotatable bonds is 4. The Hall–Kier alpha value is -2.21. The van der Waals surface area contributed by atoms with Gasteiger partial charge in [-0.15, -0.1) is 0 Å². The summed E-state index contributed by atoms with van der Waals surface area (Å²) in [5, 5.41) is 3.95. The first-order valence-electron chi connectivity index (χ1n) is 10.2. The lowest BCUT2D eigenvalue weighted by Crippen LogP contribution is -2.38. The van der Waals surface area contributed by atoms with E-state index in [1.165, 1.54) is 50.7 Å². The molecule has 0 N–H and O–H groups in total. The zero-order chi connectivity index (χ0) is 18.5. The van der Waals surface area contributed by atoms with Gasteiger partial charge in [-0.1, -0.05) is 30.1 Å². The number of nitrogens with zero attached hydrogens (tertiary/aromatic N) is 4. The van der Waals surface area contributed by atoms with Crippen molar-refractivity contribution in [2.75, 3.05) is 26.2 Å². The quantitative estimate of drug-likeness (QED) is 0.827. The van der Waals surface area contributed by atoms with E-state index in [0.717, 1.165) is 43.9 Å². The van der Waals surface area contributed by atoms with Gasteiger partial charge < -0.3 is 9.42 Å². The van der Waals surface area contributed by atoms with Crippen molar-refractivity contribution in [3.05, 3.63) is 47.6 Å². The summed E-state index contributed by atoms with van der Waals surface area (Å²) in [6, 6.07) is 8.19. The molecule has 0 saturated carbocycles. The van der Waals surface area contributed by atoms with Crippen molar-refractivity contribution in [1.29, 1.82) is 0 Å². The van der Waals surface area contributed by atoms with E-state index in [1.807, 2.05) is 17.0 Å². The number of likely N-dealkylation sites (tertiary alicyclic amines) is 2. The Morgan fingerprint density at radius 2 is 1.85 bits per heavy atom. The smallest absolute Gasteiger partial charge is 0.253 e.